The summed E-state index contributed by atoms with van der Waals surface area (Å²) in [6, 6.07) is 4.43. The number of pyridine rings is 1. The Balaban J connectivity index is 2.13. The Morgan fingerprint density at radius 1 is 0.889 bits per heavy atom. The molecule has 1 aromatic rings. The summed E-state index contributed by atoms with van der Waals surface area (Å²) in [5, 5.41) is 0. The number of aromatic nitrogens is 1. The van der Waals surface area contributed by atoms with Gasteiger partial charge in [0.1, 0.15) is 6.54 Å². The van der Waals surface area contributed by atoms with Crippen LogP contribution in [0.3, 0.4) is 0 Å². The lowest BCUT2D eigenvalue weighted by atomic mass is 10.1. The molecule has 1 nitrogen and oxygen atoms in total. The normalized spacial score (nSPS) is 10.8. The van der Waals surface area contributed by atoms with E-state index in [1.165, 1.54) is 69.9 Å². The summed E-state index contributed by atoms with van der Waals surface area (Å²) < 4.78 is 2.36. The summed E-state index contributed by atoms with van der Waals surface area (Å²) in [7, 11) is 0. The van der Waals surface area contributed by atoms with E-state index in [1.54, 1.807) is 0 Å². The summed E-state index contributed by atoms with van der Waals surface area (Å²) in [6.07, 6.45) is 16.7. The Bertz CT molecular complexity index is 306. The maximum absolute atomic E-state index is 2.36. The zero-order valence-electron chi connectivity index (χ0n) is 12.3. The highest BCUT2D eigenvalue weighted by Crippen LogP contribution is 2.06. The lowest BCUT2D eigenvalue weighted by molar-refractivity contribution is -0.697. The topological polar surface area (TPSA) is 3.88 Å². The molecule has 0 atom stereocenters. The summed E-state index contributed by atoms with van der Waals surface area (Å²) >= 11 is 0. The van der Waals surface area contributed by atoms with Crippen molar-refractivity contribution in [1.29, 1.82) is 0 Å². The molecule has 0 saturated heterocycles. The van der Waals surface area contributed by atoms with Crippen molar-refractivity contribution in [2.45, 2.75) is 78.2 Å². The third-order valence-corrected chi connectivity index (χ3v) is 3.48. The van der Waals surface area contributed by atoms with Crippen molar-refractivity contribution < 1.29 is 4.57 Å². The quantitative estimate of drug-likeness (QED) is 0.418. The molecule has 102 valence electrons. The van der Waals surface area contributed by atoms with Crippen LogP contribution in [0.2, 0.25) is 0 Å². The van der Waals surface area contributed by atoms with Crippen molar-refractivity contribution >= 4 is 0 Å². The average molecular weight is 248 g/mol. The zero-order chi connectivity index (χ0) is 13.1. The maximum atomic E-state index is 2.36. The summed E-state index contributed by atoms with van der Waals surface area (Å²) in [5.41, 5.74) is 1.47. The van der Waals surface area contributed by atoms with Gasteiger partial charge in [-0.2, -0.15) is 0 Å². The highest BCUT2D eigenvalue weighted by atomic mass is 14.9. The molecule has 0 amide bonds. The van der Waals surface area contributed by atoms with Crippen LogP contribution in [0.5, 0.6) is 0 Å². The molecule has 1 heterocycles. The molecule has 0 fully saturated rings. The molecule has 0 N–H and O–H groups in total. The SMILES string of the molecule is CCCCCCCCC[n+]1cccc(CCC)c1. The Labute approximate surface area is 113 Å². The van der Waals surface area contributed by atoms with Gasteiger partial charge in [0.25, 0.3) is 0 Å². The van der Waals surface area contributed by atoms with Crippen LogP contribution < -0.4 is 4.57 Å². The minimum absolute atomic E-state index is 1.19. The van der Waals surface area contributed by atoms with Gasteiger partial charge in [0.15, 0.2) is 12.4 Å². The van der Waals surface area contributed by atoms with Crippen molar-refractivity contribution in [3.05, 3.63) is 30.1 Å². The fourth-order valence-corrected chi connectivity index (χ4v) is 2.40. The monoisotopic (exact) mass is 248 g/mol. The van der Waals surface area contributed by atoms with E-state index in [-0.39, 0.29) is 0 Å². The second-order valence-corrected chi connectivity index (χ2v) is 5.32. The molecule has 0 aliphatic rings. The number of unbranched alkanes of at least 4 members (excludes halogenated alkanes) is 6. The second kappa shape index (κ2) is 10.1. The molecular weight excluding hydrogens is 218 g/mol. The van der Waals surface area contributed by atoms with Crippen LogP contribution in [-0.4, -0.2) is 0 Å². The van der Waals surface area contributed by atoms with Gasteiger partial charge in [0.05, 0.1) is 0 Å². The van der Waals surface area contributed by atoms with Gasteiger partial charge in [-0.3, -0.25) is 0 Å². The molecule has 1 aromatic heterocycles. The third kappa shape index (κ3) is 6.78. The van der Waals surface area contributed by atoms with Crippen molar-refractivity contribution in [1.82, 2.24) is 0 Å². The molecule has 0 unspecified atom stereocenters. The van der Waals surface area contributed by atoms with Crippen LogP contribution in [-0.2, 0) is 13.0 Å². The molecule has 0 aromatic carbocycles. The first-order valence-corrected chi connectivity index (χ1v) is 7.84. The van der Waals surface area contributed by atoms with Gasteiger partial charge in [0.2, 0.25) is 0 Å². The molecular formula is C17H30N+. The Morgan fingerprint density at radius 2 is 1.61 bits per heavy atom. The lowest BCUT2D eigenvalue weighted by Gasteiger charge is -2.01. The predicted molar refractivity (Wildman–Crippen MR) is 78.6 cm³/mol. The Kier molecular flexibility index (Phi) is 8.54. The first kappa shape index (κ1) is 15.2. The van der Waals surface area contributed by atoms with Crippen LogP contribution in [0.1, 0.15) is 70.8 Å². The third-order valence-electron chi connectivity index (χ3n) is 3.48. The second-order valence-electron chi connectivity index (χ2n) is 5.32. The molecule has 0 bridgehead atoms. The van der Waals surface area contributed by atoms with Crippen LogP contribution >= 0.6 is 0 Å². The number of hydrogen-bond donors (Lipinski definition) is 0. The minimum atomic E-state index is 1.19. The summed E-state index contributed by atoms with van der Waals surface area (Å²) in [6.45, 7) is 5.71. The van der Waals surface area contributed by atoms with Crippen LogP contribution in [0.4, 0.5) is 0 Å². The van der Waals surface area contributed by atoms with E-state index >= 15 is 0 Å². The molecule has 1 rings (SSSR count). The molecule has 0 aliphatic heterocycles. The Hall–Kier alpha value is -0.850. The summed E-state index contributed by atoms with van der Waals surface area (Å²) in [4.78, 5) is 0. The molecule has 0 radical (unpaired) electrons. The summed E-state index contributed by atoms with van der Waals surface area (Å²) in [5.74, 6) is 0. The number of aryl methyl sites for hydroxylation is 2. The molecule has 1 heteroatoms. The smallest absolute Gasteiger partial charge is 0.171 e. The number of nitrogens with zero attached hydrogens (tertiary/aromatic N) is 1. The zero-order valence-corrected chi connectivity index (χ0v) is 12.3. The largest absolute Gasteiger partial charge is 0.205 e. The van der Waals surface area contributed by atoms with E-state index in [0.29, 0.717) is 0 Å². The minimum Gasteiger partial charge on any atom is -0.205 e. The highest BCUT2D eigenvalue weighted by Gasteiger charge is 2.01. The van der Waals surface area contributed by atoms with E-state index in [4.69, 9.17) is 0 Å². The van der Waals surface area contributed by atoms with Gasteiger partial charge < -0.3 is 0 Å². The number of rotatable bonds is 10. The van der Waals surface area contributed by atoms with Crippen molar-refractivity contribution in [2.24, 2.45) is 0 Å². The van der Waals surface area contributed by atoms with Crippen LogP contribution in [0.25, 0.3) is 0 Å². The van der Waals surface area contributed by atoms with E-state index in [2.05, 4.69) is 42.9 Å². The van der Waals surface area contributed by atoms with Gasteiger partial charge in [0, 0.05) is 18.1 Å². The molecule has 0 saturated carbocycles. The average Bonchev–Trinajstić information content (AvgIpc) is 2.39. The predicted octanol–water partition coefficient (Wildman–Crippen LogP) is 4.68. The van der Waals surface area contributed by atoms with Crippen molar-refractivity contribution in [2.75, 3.05) is 0 Å². The van der Waals surface area contributed by atoms with Gasteiger partial charge in [-0.1, -0.05) is 52.4 Å². The van der Waals surface area contributed by atoms with Crippen LogP contribution in [0, 0.1) is 0 Å². The highest BCUT2D eigenvalue weighted by molar-refractivity contribution is 5.04. The van der Waals surface area contributed by atoms with Gasteiger partial charge in [-0.05, 0) is 18.9 Å². The van der Waals surface area contributed by atoms with Crippen molar-refractivity contribution in [3.63, 3.8) is 0 Å². The Morgan fingerprint density at radius 3 is 2.33 bits per heavy atom. The molecule has 0 aliphatic carbocycles. The van der Waals surface area contributed by atoms with Gasteiger partial charge in [-0.25, -0.2) is 4.57 Å². The van der Waals surface area contributed by atoms with E-state index in [0.717, 1.165) is 0 Å². The molecule has 18 heavy (non-hydrogen) atoms. The van der Waals surface area contributed by atoms with Gasteiger partial charge in [-0.15, -0.1) is 0 Å². The lowest BCUT2D eigenvalue weighted by Crippen LogP contribution is -2.33. The fourth-order valence-electron chi connectivity index (χ4n) is 2.40. The van der Waals surface area contributed by atoms with E-state index in [1.807, 2.05) is 0 Å². The maximum Gasteiger partial charge on any atom is 0.171 e. The number of hydrogen-bond acceptors (Lipinski definition) is 0. The van der Waals surface area contributed by atoms with Crippen LogP contribution in [0.15, 0.2) is 24.5 Å². The first-order valence-electron chi connectivity index (χ1n) is 7.84. The first-order chi connectivity index (χ1) is 8.86. The van der Waals surface area contributed by atoms with Crippen molar-refractivity contribution in [3.8, 4) is 0 Å². The molecule has 0 spiro atoms. The van der Waals surface area contributed by atoms with E-state index < -0.39 is 0 Å². The fraction of sp³-hybridized carbons (Fsp3) is 0.706. The van der Waals surface area contributed by atoms with E-state index in [9.17, 15) is 0 Å². The standard InChI is InChI=1S/C17H30N/c1-3-5-6-7-8-9-10-14-18-15-11-13-17(16-18)12-4-2/h11,13,15-16H,3-10,12,14H2,1-2H3/q+1. The van der Waals surface area contributed by atoms with Gasteiger partial charge >= 0.3 is 0 Å².